The fourth-order valence-corrected chi connectivity index (χ4v) is 2.69. The molecule has 0 radical (unpaired) electrons. The van der Waals surface area contributed by atoms with Crippen molar-refractivity contribution in [1.29, 1.82) is 0 Å². The lowest BCUT2D eigenvalue weighted by atomic mass is 10.3. The largest absolute Gasteiger partial charge is 0.482 e. The number of hydrogen-bond acceptors (Lipinski definition) is 5. The lowest BCUT2D eigenvalue weighted by molar-refractivity contribution is -0.118. The van der Waals surface area contributed by atoms with Gasteiger partial charge in [-0.1, -0.05) is 11.6 Å². The summed E-state index contributed by atoms with van der Waals surface area (Å²) in [5, 5.41) is 4.68. The Kier molecular flexibility index (Phi) is 5.95. The van der Waals surface area contributed by atoms with E-state index in [1.807, 2.05) is 0 Å². The SMILES string of the molecule is CCOC(=O)c1ccsc1NC(=O)COc1ccc(F)cc1Cl. The number of halogens is 2. The van der Waals surface area contributed by atoms with Gasteiger partial charge in [-0.25, -0.2) is 9.18 Å². The molecule has 0 aliphatic carbocycles. The third kappa shape index (κ3) is 4.67. The minimum Gasteiger partial charge on any atom is -0.482 e. The Morgan fingerprint density at radius 2 is 2.13 bits per heavy atom. The Hall–Kier alpha value is -2.12. The van der Waals surface area contributed by atoms with E-state index >= 15 is 0 Å². The molecular formula is C15H13ClFNO4S. The summed E-state index contributed by atoms with van der Waals surface area (Å²) in [5.41, 5.74) is 0.282. The van der Waals surface area contributed by atoms with E-state index in [2.05, 4.69) is 5.32 Å². The number of anilines is 1. The summed E-state index contributed by atoms with van der Waals surface area (Å²) in [6.45, 7) is 1.61. The molecular weight excluding hydrogens is 345 g/mol. The summed E-state index contributed by atoms with van der Waals surface area (Å²) in [5.74, 6) is -1.28. The van der Waals surface area contributed by atoms with Crippen molar-refractivity contribution < 1.29 is 23.5 Å². The van der Waals surface area contributed by atoms with Crippen molar-refractivity contribution in [3.8, 4) is 5.75 Å². The Bertz CT molecular complexity index is 719. The number of hydrogen-bond donors (Lipinski definition) is 1. The van der Waals surface area contributed by atoms with Crippen molar-refractivity contribution >= 4 is 39.8 Å². The van der Waals surface area contributed by atoms with Gasteiger partial charge in [-0.15, -0.1) is 11.3 Å². The van der Waals surface area contributed by atoms with E-state index < -0.39 is 17.7 Å². The van der Waals surface area contributed by atoms with E-state index in [-0.39, 0.29) is 29.5 Å². The standard InChI is InChI=1S/C15H13ClFNO4S/c1-2-21-15(20)10-5-6-23-14(10)18-13(19)8-22-12-4-3-9(17)7-11(12)16/h3-7H,2,8H2,1H3,(H,18,19). The van der Waals surface area contributed by atoms with Crippen LogP contribution in [0.4, 0.5) is 9.39 Å². The third-order valence-electron chi connectivity index (χ3n) is 2.67. The molecule has 1 heterocycles. The van der Waals surface area contributed by atoms with Crippen molar-refractivity contribution in [3.63, 3.8) is 0 Å². The van der Waals surface area contributed by atoms with Crippen LogP contribution in [-0.4, -0.2) is 25.1 Å². The number of amides is 1. The second kappa shape index (κ2) is 7.94. The van der Waals surface area contributed by atoms with E-state index in [1.54, 1.807) is 18.4 Å². The zero-order chi connectivity index (χ0) is 16.8. The maximum Gasteiger partial charge on any atom is 0.341 e. The number of thiophene rings is 1. The number of esters is 1. The zero-order valence-electron chi connectivity index (χ0n) is 12.1. The van der Waals surface area contributed by atoms with Gasteiger partial charge in [-0.05, 0) is 36.6 Å². The van der Waals surface area contributed by atoms with E-state index in [0.717, 1.165) is 6.07 Å². The monoisotopic (exact) mass is 357 g/mol. The van der Waals surface area contributed by atoms with Crippen LogP contribution in [0.25, 0.3) is 0 Å². The molecule has 122 valence electrons. The normalized spacial score (nSPS) is 10.2. The molecule has 0 aliphatic rings. The van der Waals surface area contributed by atoms with Gasteiger partial charge in [0.25, 0.3) is 5.91 Å². The molecule has 0 saturated heterocycles. The van der Waals surface area contributed by atoms with Crippen molar-refractivity contribution in [1.82, 2.24) is 0 Å². The first-order valence-corrected chi connectivity index (χ1v) is 7.89. The van der Waals surface area contributed by atoms with Crippen LogP contribution in [0.1, 0.15) is 17.3 Å². The van der Waals surface area contributed by atoms with Gasteiger partial charge in [0.2, 0.25) is 0 Å². The number of nitrogens with one attached hydrogen (secondary N) is 1. The summed E-state index contributed by atoms with van der Waals surface area (Å²) >= 11 is 7.00. The van der Waals surface area contributed by atoms with Crippen LogP contribution in [-0.2, 0) is 9.53 Å². The van der Waals surface area contributed by atoms with Crippen LogP contribution in [0.5, 0.6) is 5.75 Å². The third-order valence-corrected chi connectivity index (χ3v) is 3.79. The van der Waals surface area contributed by atoms with Gasteiger partial charge in [0.05, 0.1) is 17.2 Å². The first kappa shape index (κ1) is 17.2. The Morgan fingerprint density at radius 1 is 1.35 bits per heavy atom. The molecule has 2 rings (SSSR count). The summed E-state index contributed by atoms with van der Waals surface area (Å²) < 4.78 is 23.0. The minimum absolute atomic E-state index is 0.0705. The molecule has 1 aromatic heterocycles. The fourth-order valence-electron chi connectivity index (χ4n) is 1.67. The van der Waals surface area contributed by atoms with E-state index in [4.69, 9.17) is 21.1 Å². The quantitative estimate of drug-likeness (QED) is 0.800. The van der Waals surface area contributed by atoms with Crippen LogP contribution in [0.2, 0.25) is 5.02 Å². The molecule has 1 amide bonds. The van der Waals surface area contributed by atoms with Gasteiger partial charge in [-0.3, -0.25) is 4.79 Å². The maximum absolute atomic E-state index is 12.9. The van der Waals surface area contributed by atoms with Crippen LogP contribution in [0.3, 0.4) is 0 Å². The topological polar surface area (TPSA) is 64.6 Å². The molecule has 2 aromatic rings. The summed E-state index contributed by atoms with van der Waals surface area (Å²) in [7, 11) is 0. The first-order chi connectivity index (χ1) is 11.0. The molecule has 1 N–H and O–H groups in total. The van der Waals surface area contributed by atoms with Crippen LogP contribution >= 0.6 is 22.9 Å². The molecule has 5 nitrogen and oxygen atoms in total. The average Bonchev–Trinajstić information content (AvgIpc) is 2.94. The van der Waals surface area contributed by atoms with Crippen LogP contribution in [0, 0.1) is 5.82 Å². The molecule has 1 aromatic carbocycles. The van der Waals surface area contributed by atoms with E-state index in [1.165, 1.54) is 23.5 Å². The second-order valence-corrected chi connectivity index (χ2v) is 5.62. The number of rotatable bonds is 6. The van der Waals surface area contributed by atoms with Gasteiger partial charge >= 0.3 is 5.97 Å². The van der Waals surface area contributed by atoms with Gasteiger partial charge in [0.15, 0.2) is 6.61 Å². The van der Waals surface area contributed by atoms with Gasteiger partial charge in [0.1, 0.15) is 16.6 Å². The van der Waals surface area contributed by atoms with Gasteiger partial charge in [0, 0.05) is 0 Å². The predicted octanol–water partition coefficient (Wildman–Crippen LogP) is 3.73. The molecule has 0 atom stereocenters. The van der Waals surface area contributed by atoms with Crippen molar-refractivity contribution in [2.24, 2.45) is 0 Å². The average molecular weight is 358 g/mol. The number of carbonyl (C=O) groups is 2. The zero-order valence-corrected chi connectivity index (χ0v) is 13.7. The van der Waals surface area contributed by atoms with Gasteiger partial charge < -0.3 is 14.8 Å². The number of carbonyl (C=O) groups excluding carboxylic acids is 2. The van der Waals surface area contributed by atoms with E-state index in [0.29, 0.717) is 5.00 Å². The van der Waals surface area contributed by atoms with Gasteiger partial charge in [-0.2, -0.15) is 0 Å². The highest BCUT2D eigenvalue weighted by Crippen LogP contribution is 2.26. The highest BCUT2D eigenvalue weighted by Gasteiger charge is 2.16. The molecule has 0 fully saturated rings. The number of ether oxygens (including phenoxy) is 2. The lowest BCUT2D eigenvalue weighted by Crippen LogP contribution is -2.21. The van der Waals surface area contributed by atoms with Crippen molar-refractivity contribution in [2.45, 2.75) is 6.92 Å². The maximum atomic E-state index is 12.9. The van der Waals surface area contributed by atoms with Crippen molar-refractivity contribution in [3.05, 3.63) is 46.0 Å². The summed E-state index contributed by atoms with van der Waals surface area (Å²) in [6, 6.07) is 5.17. The molecule has 0 saturated carbocycles. The van der Waals surface area contributed by atoms with E-state index in [9.17, 15) is 14.0 Å². The smallest absolute Gasteiger partial charge is 0.341 e. The van der Waals surface area contributed by atoms with Crippen LogP contribution in [0.15, 0.2) is 29.6 Å². The minimum atomic E-state index is -0.508. The second-order valence-electron chi connectivity index (χ2n) is 4.30. The van der Waals surface area contributed by atoms with Crippen molar-refractivity contribution in [2.75, 3.05) is 18.5 Å². The Morgan fingerprint density at radius 3 is 2.83 bits per heavy atom. The molecule has 0 unspecified atom stereocenters. The molecule has 0 aliphatic heterocycles. The predicted molar refractivity (Wildman–Crippen MR) is 85.8 cm³/mol. The Labute approximate surface area is 141 Å². The first-order valence-electron chi connectivity index (χ1n) is 6.63. The molecule has 23 heavy (non-hydrogen) atoms. The van der Waals surface area contributed by atoms with Crippen LogP contribution < -0.4 is 10.1 Å². The number of benzene rings is 1. The molecule has 0 spiro atoms. The molecule has 0 bridgehead atoms. The summed E-state index contributed by atoms with van der Waals surface area (Å²) in [4.78, 5) is 23.6. The highest BCUT2D eigenvalue weighted by atomic mass is 35.5. The lowest BCUT2D eigenvalue weighted by Gasteiger charge is -2.09. The Balaban J connectivity index is 1.95. The molecule has 8 heteroatoms. The fraction of sp³-hybridized carbons (Fsp3) is 0.200. The highest BCUT2D eigenvalue weighted by molar-refractivity contribution is 7.14. The summed E-state index contributed by atoms with van der Waals surface area (Å²) in [6.07, 6.45) is 0.